The average molecular weight is 411 g/mol. The smallest absolute Gasteiger partial charge is 0.257 e. The summed E-state index contributed by atoms with van der Waals surface area (Å²) in [6, 6.07) is 9.73. The molecular formula is C26H38N2O2. The molecule has 30 heavy (non-hydrogen) atoms. The Balaban J connectivity index is 1.31. The van der Waals surface area contributed by atoms with Crippen molar-refractivity contribution >= 4 is 5.91 Å². The van der Waals surface area contributed by atoms with Crippen molar-refractivity contribution in [2.24, 2.45) is 11.8 Å². The SMILES string of the molecule is O=C(NC1CCN(CC=CC2CCCC2)CC1)C(O)(c1ccccc1)C1CCCC1. The first-order chi connectivity index (χ1) is 14.7. The van der Waals surface area contributed by atoms with Gasteiger partial charge in [-0.1, -0.05) is 68.2 Å². The van der Waals surface area contributed by atoms with Crippen LogP contribution in [0.4, 0.5) is 0 Å². The number of hydrogen-bond donors (Lipinski definition) is 2. The lowest BCUT2D eigenvalue weighted by Crippen LogP contribution is -2.54. The van der Waals surface area contributed by atoms with Crippen LogP contribution in [0.2, 0.25) is 0 Å². The number of rotatable bonds is 7. The number of allylic oxidation sites excluding steroid dienone is 1. The monoisotopic (exact) mass is 410 g/mol. The van der Waals surface area contributed by atoms with Crippen molar-refractivity contribution in [2.75, 3.05) is 19.6 Å². The fourth-order valence-electron chi connectivity index (χ4n) is 5.70. The summed E-state index contributed by atoms with van der Waals surface area (Å²) in [6.07, 6.45) is 16.2. The van der Waals surface area contributed by atoms with E-state index in [1.54, 1.807) is 0 Å². The van der Waals surface area contributed by atoms with Crippen molar-refractivity contribution in [1.82, 2.24) is 10.2 Å². The Bertz CT molecular complexity index is 699. The standard InChI is InChI=1S/C26H38N2O2/c29-25(26(30,23-14-6-7-15-23)22-12-2-1-3-13-22)27-24-16-19-28(20-17-24)18-8-11-21-9-4-5-10-21/h1-3,8,11-13,21,23-24,30H,4-7,9-10,14-20H2,(H,27,29). The molecule has 1 unspecified atom stereocenters. The second-order valence-electron chi connectivity index (χ2n) is 9.63. The number of carbonyl (C=O) groups excluding carboxylic acids is 1. The number of amides is 1. The first-order valence-corrected chi connectivity index (χ1v) is 12.1. The molecule has 1 aromatic carbocycles. The number of carbonyl (C=O) groups is 1. The predicted octanol–water partition coefficient (Wildman–Crippen LogP) is 4.39. The summed E-state index contributed by atoms with van der Waals surface area (Å²) in [5.74, 6) is 0.619. The quantitative estimate of drug-likeness (QED) is 0.656. The third kappa shape index (κ3) is 4.97. The summed E-state index contributed by atoms with van der Waals surface area (Å²) in [4.78, 5) is 15.8. The Hall–Kier alpha value is -1.65. The molecule has 1 heterocycles. The van der Waals surface area contributed by atoms with Gasteiger partial charge in [-0.3, -0.25) is 9.69 Å². The molecule has 1 amide bonds. The lowest BCUT2D eigenvalue weighted by Gasteiger charge is -2.37. The molecule has 0 spiro atoms. The molecule has 1 saturated heterocycles. The van der Waals surface area contributed by atoms with E-state index < -0.39 is 5.60 Å². The summed E-state index contributed by atoms with van der Waals surface area (Å²) >= 11 is 0. The average Bonchev–Trinajstić information content (AvgIpc) is 3.50. The van der Waals surface area contributed by atoms with Crippen molar-refractivity contribution in [3.05, 3.63) is 48.0 Å². The van der Waals surface area contributed by atoms with Crippen LogP contribution in [0.5, 0.6) is 0 Å². The number of nitrogens with one attached hydrogen (secondary N) is 1. The normalized spacial score (nSPS) is 24.4. The van der Waals surface area contributed by atoms with Crippen LogP contribution in [0, 0.1) is 11.8 Å². The topological polar surface area (TPSA) is 52.6 Å². The molecule has 0 aromatic heterocycles. The van der Waals surface area contributed by atoms with E-state index in [9.17, 15) is 9.90 Å². The summed E-state index contributed by atoms with van der Waals surface area (Å²) in [6.45, 7) is 3.04. The molecule has 4 rings (SSSR count). The van der Waals surface area contributed by atoms with Crippen LogP contribution in [0.15, 0.2) is 42.5 Å². The van der Waals surface area contributed by atoms with Crippen molar-refractivity contribution in [3.8, 4) is 0 Å². The Kier molecular flexibility index (Phi) is 7.27. The highest BCUT2D eigenvalue weighted by Gasteiger charge is 2.46. The van der Waals surface area contributed by atoms with Gasteiger partial charge in [0.25, 0.3) is 5.91 Å². The van der Waals surface area contributed by atoms with Gasteiger partial charge < -0.3 is 10.4 Å². The zero-order chi connectivity index (χ0) is 20.8. The van der Waals surface area contributed by atoms with Crippen LogP contribution >= 0.6 is 0 Å². The first-order valence-electron chi connectivity index (χ1n) is 12.1. The van der Waals surface area contributed by atoms with E-state index in [-0.39, 0.29) is 17.9 Å². The number of nitrogens with zero attached hydrogens (tertiary/aromatic N) is 1. The van der Waals surface area contributed by atoms with E-state index in [1.165, 1.54) is 25.7 Å². The summed E-state index contributed by atoms with van der Waals surface area (Å²) in [5.41, 5.74) is -0.664. The highest BCUT2D eigenvalue weighted by Crippen LogP contribution is 2.41. The van der Waals surface area contributed by atoms with E-state index in [1.807, 2.05) is 30.3 Å². The summed E-state index contributed by atoms with van der Waals surface area (Å²) in [5, 5.41) is 14.8. The maximum Gasteiger partial charge on any atom is 0.257 e. The molecule has 164 valence electrons. The van der Waals surface area contributed by atoms with Gasteiger partial charge in [-0.25, -0.2) is 0 Å². The minimum atomic E-state index is -1.40. The molecule has 0 radical (unpaired) electrons. The van der Waals surface area contributed by atoms with Crippen LogP contribution in [0.25, 0.3) is 0 Å². The molecule has 3 fully saturated rings. The molecule has 2 aliphatic carbocycles. The van der Waals surface area contributed by atoms with Crippen molar-refractivity contribution in [1.29, 1.82) is 0 Å². The number of benzene rings is 1. The molecule has 4 heteroatoms. The van der Waals surface area contributed by atoms with Gasteiger partial charge in [0.1, 0.15) is 0 Å². The second-order valence-corrected chi connectivity index (χ2v) is 9.63. The number of aliphatic hydroxyl groups is 1. The van der Waals surface area contributed by atoms with Gasteiger partial charge in [0, 0.05) is 31.6 Å². The van der Waals surface area contributed by atoms with Gasteiger partial charge in [0.05, 0.1) is 0 Å². The van der Waals surface area contributed by atoms with E-state index in [0.717, 1.165) is 69.6 Å². The second kappa shape index (κ2) is 10.1. The van der Waals surface area contributed by atoms with E-state index >= 15 is 0 Å². The molecule has 1 atom stereocenters. The van der Waals surface area contributed by atoms with Gasteiger partial charge in [-0.05, 0) is 50.0 Å². The van der Waals surface area contributed by atoms with Gasteiger partial charge >= 0.3 is 0 Å². The number of piperidine rings is 1. The van der Waals surface area contributed by atoms with Crippen molar-refractivity contribution < 1.29 is 9.90 Å². The van der Waals surface area contributed by atoms with Gasteiger partial charge in [-0.2, -0.15) is 0 Å². The van der Waals surface area contributed by atoms with Crippen LogP contribution < -0.4 is 5.32 Å². The first kappa shape index (κ1) is 21.6. The van der Waals surface area contributed by atoms with E-state index in [4.69, 9.17) is 0 Å². The van der Waals surface area contributed by atoms with Crippen LogP contribution in [0.1, 0.15) is 69.8 Å². The molecule has 3 aliphatic rings. The maximum absolute atomic E-state index is 13.3. The minimum Gasteiger partial charge on any atom is -0.375 e. The van der Waals surface area contributed by atoms with Gasteiger partial charge in [-0.15, -0.1) is 0 Å². The summed E-state index contributed by atoms with van der Waals surface area (Å²) in [7, 11) is 0. The molecule has 1 aliphatic heterocycles. The molecule has 4 nitrogen and oxygen atoms in total. The molecular weight excluding hydrogens is 372 g/mol. The third-order valence-electron chi connectivity index (χ3n) is 7.60. The van der Waals surface area contributed by atoms with Gasteiger partial charge in [0.2, 0.25) is 0 Å². The van der Waals surface area contributed by atoms with Crippen molar-refractivity contribution in [2.45, 2.75) is 75.9 Å². The van der Waals surface area contributed by atoms with Crippen LogP contribution in [-0.2, 0) is 10.4 Å². The lowest BCUT2D eigenvalue weighted by atomic mass is 9.79. The van der Waals surface area contributed by atoms with E-state index in [2.05, 4.69) is 22.4 Å². The number of hydrogen-bond acceptors (Lipinski definition) is 3. The Morgan fingerprint density at radius 3 is 2.30 bits per heavy atom. The Labute approximate surface area is 181 Å². The van der Waals surface area contributed by atoms with Crippen LogP contribution in [-0.4, -0.2) is 41.6 Å². The minimum absolute atomic E-state index is 0.0145. The van der Waals surface area contributed by atoms with Crippen molar-refractivity contribution in [3.63, 3.8) is 0 Å². The molecule has 1 aromatic rings. The predicted molar refractivity (Wildman–Crippen MR) is 121 cm³/mol. The highest BCUT2D eigenvalue weighted by molar-refractivity contribution is 5.87. The summed E-state index contributed by atoms with van der Waals surface area (Å²) < 4.78 is 0. The Morgan fingerprint density at radius 2 is 1.63 bits per heavy atom. The highest BCUT2D eigenvalue weighted by atomic mass is 16.3. The zero-order valence-electron chi connectivity index (χ0n) is 18.3. The Morgan fingerprint density at radius 1 is 1.00 bits per heavy atom. The third-order valence-corrected chi connectivity index (χ3v) is 7.60. The maximum atomic E-state index is 13.3. The number of likely N-dealkylation sites (tertiary alicyclic amines) is 1. The largest absolute Gasteiger partial charge is 0.375 e. The lowest BCUT2D eigenvalue weighted by molar-refractivity contribution is -0.148. The fourth-order valence-corrected chi connectivity index (χ4v) is 5.70. The van der Waals surface area contributed by atoms with E-state index in [0.29, 0.717) is 0 Å². The zero-order valence-corrected chi connectivity index (χ0v) is 18.3. The molecule has 2 saturated carbocycles. The molecule has 0 bridgehead atoms. The van der Waals surface area contributed by atoms with Crippen LogP contribution in [0.3, 0.4) is 0 Å². The molecule has 2 N–H and O–H groups in total. The fraction of sp³-hybridized carbons (Fsp3) is 0.654. The van der Waals surface area contributed by atoms with Gasteiger partial charge in [0.15, 0.2) is 5.60 Å².